The lowest BCUT2D eigenvalue weighted by Gasteiger charge is -2.13. The normalized spacial score (nSPS) is 12.2. The SMILES string of the molecule is CCOc1cc(CNCC(C)OC)ccc1OC. The average Bonchev–Trinajstić information content (AvgIpc) is 2.39. The summed E-state index contributed by atoms with van der Waals surface area (Å²) in [5.41, 5.74) is 1.17. The molecule has 0 aromatic heterocycles. The van der Waals surface area contributed by atoms with Gasteiger partial charge < -0.3 is 19.5 Å². The van der Waals surface area contributed by atoms with E-state index >= 15 is 0 Å². The molecule has 0 saturated carbocycles. The number of methoxy groups -OCH3 is 2. The van der Waals surface area contributed by atoms with Gasteiger partial charge in [-0.1, -0.05) is 6.07 Å². The van der Waals surface area contributed by atoms with Gasteiger partial charge in [-0.3, -0.25) is 0 Å². The summed E-state index contributed by atoms with van der Waals surface area (Å²) in [5, 5.41) is 3.34. The number of hydrogen-bond donors (Lipinski definition) is 1. The Morgan fingerprint density at radius 1 is 1.22 bits per heavy atom. The van der Waals surface area contributed by atoms with Crippen molar-refractivity contribution in [3.05, 3.63) is 23.8 Å². The molecule has 18 heavy (non-hydrogen) atoms. The van der Waals surface area contributed by atoms with Gasteiger partial charge >= 0.3 is 0 Å². The molecule has 0 spiro atoms. The summed E-state index contributed by atoms with van der Waals surface area (Å²) in [4.78, 5) is 0. The van der Waals surface area contributed by atoms with E-state index in [-0.39, 0.29) is 6.10 Å². The van der Waals surface area contributed by atoms with Crippen LogP contribution in [0, 0.1) is 0 Å². The molecule has 0 bridgehead atoms. The van der Waals surface area contributed by atoms with E-state index in [0.29, 0.717) is 6.61 Å². The van der Waals surface area contributed by atoms with Crippen LogP contribution in [0.15, 0.2) is 18.2 Å². The zero-order valence-corrected chi connectivity index (χ0v) is 11.7. The van der Waals surface area contributed by atoms with E-state index in [1.807, 2.05) is 32.0 Å². The Balaban J connectivity index is 2.58. The standard InChI is InChI=1S/C14H23NO3/c1-5-18-14-8-12(6-7-13(14)17-4)10-15-9-11(2)16-3/h6-8,11,15H,5,9-10H2,1-4H3. The second-order valence-corrected chi connectivity index (χ2v) is 4.10. The van der Waals surface area contributed by atoms with Crippen LogP contribution < -0.4 is 14.8 Å². The summed E-state index contributed by atoms with van der Waals surface area (Å²) in [6.07, 6.45) is 0.217. The summed E-state index contributed by atoms with van der Waals surface area (Å²) in [6.45, 7) is 6.25. The van der Waals surface area contributed by atoms with Gasteiger partial charge in [-0.05, 0) is 31.5 Å². The highest BCUT2D eigenvalue weighted by Crippen LogP contribution is 2.27. The molecule has 1 N–H and O–H groups in total. The summed E-state index contributed by atoms with van der Waals surface area (Å²) < 4.78 is 16.0. The van der Waals surface area contributed by atoms with Crippen LogP contribution in [0.2, 0.25) is 0 Å². The fraction of sp³-hybridized carbons (Fsp3) is 0.571. The molecule has 4 nitrogen and oxygen atoms in total. The minimum atomic E-state index is 0.217. The monoisotopic (exact) mass is 253 g/mol. The van der Waals surface area contributed by atoms with Crippen LogP contribution in [-0.4, -0.2) is 33.5 Å². The van der Waals surface area contributed by atoms with Gasteiger partial charge in [0.1, 0.15) is 0 Å². The van der Waals surface area contributed by atoms with Gasteiger partial charge in [0.2, 0.25) is 0 Å². The van der Waals surface area contributed by atoms with Crippen molar-refractivity contribution >= 4 is 0 Å². The lowest BCUT2D eigenvalue weighted by molar-refractivity contribution is 0.117. The highest BCUT2D eigenvalue weighted by atomic mass is 16.5. The van der Waals surface area contributed by atoms with Crippen molar-refractivity contribution in [2.45, 2.75) is 26.5 Å². The summed E-state index contributed by atoms with van der Waals surface area (Å²) >= 11 is 0. The molecule has 102 valence electrons. The van der Waals surface area contributed by atoms with E-state index < -0.39 is 0 Å². The van der Waals surface area contributed by atoms with Gasteiger partial charge in [0.15, 0.2) is 11.5 Å². The van der Waals surface area contributed by atoms with Crippen molar-refractivity contribution in [2.24, 2.45) is 0 Å². The molecule has 0 aliphatic rings. The van der Waals surface area contributed by atoms with E-state index in [4.69, 9.17) is 14.2 Å². The minimum Gasteiger partial charge on any atom is -0.493 e. The third-order valence-electron chi connectivity index (χ3n) is 2.69. The minimum absolute atomic E-state index is 0.217. The van der Waals surface area contributed by atoms with Gasteiger partial charge in [-0.25, -0.2) is 0 Å². The largest absolute Gasteiger partial charge is 0.493 e. The quantitative estimate of drug-likeness (QED) is 0.771. The molecular formula is C14H23NO3. The Labute approximate surface area is 109 Å². The topological polar surface area (TPSA) is 39.7 Å². The van der Waals surface area contributed by atoms with E-state index in [2.05, 4.69) is 5.32 Å². The van der Waals surface area contributed by atoms with Crippen LogP contribution >= 0.6 is 0 Å². The number of hydrogen-bond acceptors (Lipinski definition) is 4. The third-order valence-corrected chi connectivity index (χ3v) is 2.69. The maximum Gasteiger partial charge on any atom is 0.161 e. The Morgan fingerprint density at radius 2 is 2.00 bits per heavy atom. The second kappa shape index (κ2) is 7.95. The van der Waals surface area contributed by atoms with Crippen LogP contribution in [-0.2, 0) is 11.3 Å². The predicted molar refractivity (Wildman–Crippen MR) is 72.3 cm³/mol. The van der Waals surface area contributed by atoms with Crippen LogP contribution in [0.5, 0.6) is 11.5 Å². The molecule has 1 atom stereocenters. The van der Waals surface area contributed by atoms with Gasteiger partial charge in [0.05, 0.1) is 19.8 Å². The van der Waals surface area contributed by atoms with Crippen LogP contribution in [0.3, 0.4) is 0 Å². The van der Waals surface area contributed by atoms with Gasteiger partial charge in [-0.2, -0.15) is 0 Å². The van der Waals surface area contributed by atoms with E-state index in [1.54, 1.807) is 14.2 Å². The highest BCUT2D eigenvalue weighted by molar-refractivity contribution is 5.42. The molecule has 1 aromatic carbocycles. The molecular weight excluding hydrogens is 230 g/mol. The van der Waals surface area contributed by atoms with Crippen molar-refractivity contribution in [3.63, 3.8) is 0 Å². The molecule has 0 heterocycles. The molecule has 0 aliphatic carbocycles. The molecule has 0 amide bonds. The number of nitrogens with one attached hydrogen (secondary N) is 1. The first kappa shape index (κ1) is 14.8. The molecule has 1 rings (SSSR count). The molecule has 0 fully saturated rings. The maximum absolute atomic E-state index is 5.54. The Hall–Kier alpha value is -1.26. The zero-order valence-electron chi connectivity index (χ0n) is 11.7. The van der Waals surface area contributed by atoms with Crippen LogP contribution in [0.4, 0.5) is 0 Å². The lowest BCUT2D eigenvalue weighted by atomic mass is 10.2. The molecule has 1 unspecified atom stereocenters. The van der Waals surface area contributed by atoms with Crippen LogP contribution in [0.25, 0.3) is 0 Å². The summed E-state index contributed by atoms with van der Waals surface area (Å²) in [6, 6.07) is 5.97. The molecule has 0 radical (unpaired) electrons. The van der Waals surface area contributed by atoms with E-state index in [0.717, 1.165) is 24.6 Å². The van der Waals surface area contributed by atoms with Crippen molar-refractivity contribution in [1.29, 1.82) is 0 Å². The molecule has 1 aromatic rings. The summed E-state index contributed by atoms with van der Waals surface area (Å²) in [5.74, 6) is 1.56. The Morgan fingerprint density at radius 3 is 2.61 bits per heavy atom. The van der Waals surface area contributed by atoms with Crippen molar-refractivity contribution in [3.8, 4) is 11.5 Å². The summed E-state index contributed by atoms with van der Waals surface area (Å²) in [7, 11) is 3.36. The van der Waals surface area contributed by atoms with E-state index in [1.165, 1.54) is 5.56 Å². The fourth-order valence-corrected chi connectivity index (χ4v) is 1.60. The van der Waals surface area contributed by atoms with Crippen molar-refractivity contribution < 1.29 is 14.2 Å². The number of benzene rings is 1. The van der Waals surface area contributed by atoms with Gasteiger partial charge in [0, 0.05) is 20.2 Å². The fourth-order valence-electron chi connectivity index (χ4n) is 1.60. The third kappa shape index (κ3) is 4.55. The average molecular weight is 253 g/mol. The number of ether oxygens (including phenoxy) is 3. The molecule has 0 saturated heterocycles. The first-order chi connectivity index (χ1) is 8.71. The van der Waals surface area contributed by atoms with Gasteiger partial charge in [-0.15, -0.1) is 0 Å². The highest BCUT2D eigenvalue weighted by Gasteiger charge is 2.05. The smallest absolute Gasteiger partial charge is 0.161 e. The maximum atomic E-state index is 5.54. The van der Waals surface area contributed by atoms with Crippen LogP contribution in [0.1, 0.15) is 19.4 Å². The molecule has 4 heteroatoms. The predicted octanol–water partition coefficient (Wildman–Crippen LogP) is 2.22. The second-order valence-electron chi connectivity index (χ2n) is 4.10. The van der Waals surface area contributed by atoms with E-state index in [9.17, 15) is 0 Å². The number of rotatable bonds is 8. The van der Waals surface area contributed by atoms with Crippen molar-refractivity contribution in [1.82, 2.24) is 5.32 Å². The zero-order chi connectivity index (χ0) is 13.4. The Bertz CT molecular complexity index is 355. The van der Waals surface area contributed by atoms with Crippen molar-refractivity contribution in [2.75, 3.05) is 27.4 Å². The first-order valence-corrected chi connectivity index (χ1v) is 6.24. The Kier molecular flexibility index (Phi) is 6.54. The molecule has 0 aliphatic heterocycles. The lowest BCUT2D eigenvalue weighted by Crippen LogP contribution is -2.25. The first-order valence-electron chi connectivity index (χ1n) is 6.24. The van der Waals surface area contributed by atoms with Gasteiger partial charge in [0.25, 0.3) is 0 Å².